The Balaban J connectivity index is 1.73. The lowest BCUT2D eigenvalue weighted by Crippen LogP contribution is -2.27. The Bertz CT molecular complexity index is 462. The molecular weight excluding hydrogens is 246 g/mol. The van der Waals surface area contributed by atoms with Gasteiger partial charge in [-0.05, 0) is 38.5 Å². The van der Waals surface area contributed by atoms with E-state index in [1.807, 2.05) is 0 Å². The Hall–Kier alpha value is -0.960. The Morgan fingerprint density at radius 1 is 1.15 bits per heavy atom. The molecule has 1 aliphatic carbocycles. The van der Waals surface area contributed by atoms with E-state index in [1.165, 1.54) is 55.5 Å². The van der Waals surface area contributed by atoms with E-state index in [9.17, 15) is 0 Å². The number of aryl methyl sites for hydroxylation is 1. The van der Waals surface area contributed by atoms with Crippen molar-refractivity contribution in [2.45, 2.75) is 71.3 Å². The quantitative estimate of drug-likeness (QED) is 0.916. The molecule has 1 aliphatic heterocycles. The molecule has 2 heterocycles. The first-order valence-corrected chi connectivity index (χ1v) is 8.35. The maximum absolute atomic E-state index is 4.92. The van der Waals surface area contributed by atoms with Crippen molar-refractivity contribution in [3.63, 3.8) is 0 Å². The third kappa shape index (κ3) is 2.88. The van der Waals surface area contributed by atoms with Gasteiger partial charge in [-0.15, -0.1) is 0 Å². The summed E-state index contributed by atoms with van der Waals surface area (Å²) >= 11 is 0. The molecule has 0 aromatic carbocycles. The molecule has 1 aromatic heterocycles. The molecule has 0 unspecified atom stereocenters. The van der Waals surface area contributed by atoms with E-state index in [-0.39, 0.29) is 0 Å². The van der Waals surface area contributed by atoms with Crippen molar-refractivity contribution in [2.75, 3.05) is 6.54 Å². The number of rotatable bonds is 3. The molecule has 20 heavy (non-hydrogen) atoms. The van der Waals surface area contributed by atoms with Gasteiger partial charge in [0, 0.05) is 36.7 Å². The zero-order valence-electron chi connectivity index (χ0n) is 12.9. The molecular formula is C17H27N3. The van der Waals surface area contributed by atoms with Gasteiger partial charge in [0.2, 0.25) is 0 Å². The maximum atomic E-state index is 4.92. The van der Waals surface area contributed by atoms with E-state index in [0.29, 0.717) is 5.92 Å². The highest BCUT2D eigenvalue weighted by molar-refractivity contribution is 5.28. The third-order valence-electron chi connectivity index (χ3n) is 5.07. The zero-order chi connectivity index (χ0) is 13.9. The second kappa shape index (κ2) is 6.21. The molecule has 110 valence electrons. The van der Waals surface area contributed by atoms with Gasteiger partial charge in [-0.2, -0.15) is 0 Å². The molecule has 1 saturated carbocycles. The lowest BCUT2D eigenvalue weighted by atomic mass is 9.79. The van der Waals surface area contributed by atoms with Gasteiger partial charge in [-0.1, -0.05) is 19.8 Å². The van der Waals surface area contributed by atoms with Crippen molar-refractivity contribution in [3.05, 3.63) is 22.8 Å². The summed E-state index contributed by atoms with van der Waals surface area (Å²) in [6, 6.07) is 0. The van der Waals surface area contributed by atoms with Gasteiger partial charge in [0.15, 0.2) is 0 Å². The van der Waals surface area contributed by atoms with Crippen LogP contribution >= 0.6 is 0 Å². The van der Waals surface area contributed by atoms with Gasteiger partial charge >= 0.3 is 0 Å². The first-order chi connectivity index (χ1) is 9.78. The fourth-order valence-corrected chi connectivity index (χ4v) is 3.84. The summed E-state index contributed by atoms with van der Waals surface area (Å²) in [5.41, 5.74) is 3.86. The van der Waals surface area contributed by atoms with Crippen LogP contribution in [0.25, 0.3) is 0 Å². The van der Waals surface area contributed by atoms with Gasteiger partial charge in [0.05, 0.1) is 5.69 Å². The van der Waals surface area contributed by atoms with Crippen LogP contribution in [0.5, 0.6) is 0 Å². The largest absolute Gasteiger partial charge is 0.312 e. The van der Waals surface area contributed by atoms with Gasteiger partial charge in [-0.25, -0.2) is 9.97 Å². The van der Waals surface area contributed by atoms with Crippen LogP contribution in [-0.2, 0) is 13.0 Å². The molecule has 1 aromatic rings. The summed E-state index contributed by atoms with van der Waals surface area (Å²) in [7, 11) is 0. The minimum absolute atomic E-state index is 0.613. The summed E-state index contributed by atoms with van der Waals surface area (Å²) < 4.78 is 0. The van der Waals surface area contributed by atoms with Crippen molar-refractivity contribution in [3.8, 4) is 0 Å². The van der Waals surface area contributed by atoms with Crippen LogP contribution in [0.1, 0.15) is 74.1 Å². The summed E-state index contributed by atoms with van der Waals surface area (Å²) in [6.07, 6.45) is 9.14. The molecule has 3 rings (SSSR count). The molecule has 0 spiro atoms. The maximum Gasteiger partial charge on any atom is 0.131 e. The monoisotopic (exact) mass is 273 g/mol. The minimum atomic E-state index is 0.613. The number of nitrogens with zero attached hydrogens (tertiary/aromatic N) is 2. The normalized spacial score (nSPS) is 26.3. The van der Waals surface area contributed by atoms with Crippen LogP contribution < -0.4 is 5.32 Å². The van der Waals surface area contributed by atoms with Crippen molar-refractivity contribution in [1.82, 2.24) is 15.3 Å². The van der Waals surface area contributed by atoms with Crippen LogP contribution in [0, 0.1) is 12.8 Å². The fraction of sp³-hybridized carbons (Fsp3) is 0.765. The number of fused-ring (bicyclic) bond motifs is 1. The minimum Gasteiger partial charge on any atom is -0.312 e. The van der Waals surface area contributed by atoms with E-state index in [1.54, 1.807) is 0 Å². The number of aromatic nitrogens is 2. The molecule has 0 amide bonds. The SMILES string of the molecule is CCCC1CCC(c2nc(C)c3c(n2)CCNC3)CC1. The number of nitrogens with one attached hydrogen (secondary N) is 1. The van der Waals surface area contributed by atoms with E-state index in [4.69, 9.17) is 9.97 Å². The predicted molar refractivity (Wildman–Crippen MR) is 81.8 cm³/mol. The topological polar surface area (TPSA) is 37.8 Å². The van der Waals surface area contributed by atoms with Crippen LogP contribution in [0.2, 0.25) is 0 Å². The Labute approximate surface area is 122 Å². The molecule has 0 saturated heterocycles. The van der Waals surface area contributed by atoms with Crippen molar-refractivity contribution >= 4 is 0 Å². The van der Waals surface area contributed by atoms with Gasteiger partial charge in [0.1, 0.15) is 5.82 Å². The molecule has 1 fully saturated rings. The smallest absolute Gasteiger partial charge is 0.131 e. The fourth-order valence-electron chi connectivity index (χ4n) is 3.84. The van der Waals surface area contributed by atoms with E-state index >= 15 is 0 Å². The molecule has 3 nitrogen and oxygen atoms in total. The standard InChI is InChI=1S/C17H27N3/c1-3-4-13-5-7-14(8-6-13)17-19-12(2)15-11-18-10-9-16(15)20-17/h13-14,18H,3-11H2,1-2H3. The van der Waals surface area contributed by atoms with Crippen LogP contribution in [-0.4, -0.2) is 16.5 Å². The van der Waals surface area contributed by atoms with Crippen LogP contribution in [0.15, 0.2) is 0 Å². The highest BCUT2D eigenvalue weighted by atomic mass is 15.0. The summed E-state index contributed by atoms with van der Waals surface area (Å²) in [4.78, 5) is 9.75. The lowest BCUT2D eigenvalue weighted by Gasteiger charge is -2.28. The molecule has 1 N–H and O–H groups in total. The average Bonchev–Trinajstić information content (AvgIpc) is 2.48. The van der Waals surface area contributed by atoms with E-state index < -0.39 is 0 Å². The predicted octanol–water partition coefficient (Wildman–Crippen LogP) is 3.50. The lowest BCUT2D eigenvalue weighted by molar-refractivity contribution is 0.301. The van der Waals surface area contributed by atoms with Crippen molar-refractivity contribution in [2.24, 2.45) is 5.92 Å². The summed E-state index contributed by atoms with van der Waals surface area (Å²) in [5, 5.41) is 3.42. The average molecular weight is 273 g/mol. The molecule has 0 atom stereocenters. The highest BCUT2D eigenvalue weighted by Gasteiger charge is 2.25. The van der Waals surface area contributed by atoms with E-state index in [2.05, 4.69) is 19.2 Å². The second-order valence-electron chi connectivity index (χ2n) is 6.53. The van der Waals surface area contributed by atoms with E-state index in [0.717, 1.165) is 31.3 Å². The second-order valence-corrected chi connectivity index (χ2v) is 6.53. The highest BCUT2D eigenvalue weighted by Crippen LogP contribution is 2.36. The Morgan fingerprint density at radius 2 is 1.95 bits per heavy atom. The number of hydrogen-bond donors (Lipinski definition) is 1. The Kier molecular flexibility index (Phi) is 4.35. The molecule has 0 bridgehead atoms. The zero-order valence-corrected chi connectivity index (χ0v) is 12.9. The van der Waals surface area contributed by atoms with Crippen molar-refractivity contribution < 1.29 is 0 Å². The first-order valence-electron chi connectivity index (χ1n) is 8.35. The Morgan fingerprint density at radius 3 is 2.70 bits per heavy atom. The first kappa shape index (κ1) is 14.0. The van der Waals surface area contributed by atoms with Gasteiger partial charge < -0.3 is 5.32 Å². The number of hydrogen-bond acceptors (Lipinski definition) is 3. The van der Waals surface area contributed by atoms with Gasteiger partial charge in [0.25, 0.3) is 0 Å². The summed E-state index contributed by atoms with van der Waals surface area (Å²) in [6.45, 7) is 6.46. The molecule has 2 aliphatic rings. The van der Waals surface area contributed by atoms with Crippen LogP contribution in [0.3, 0.4) is 0 Å². The molecule has 0 radical (unpaired) electrons. The van der Waals surface area contributed by atoms with Crippen LogP contribution in [0.4, 0.5) is 0 Å². The van der Waals surface area contributed by atoms with Crippen molar-refractivity contribution in [1.29, 1.82) is 0 Å². The molecule has 3 heteroatoms. The third-order valence-corrected chi connectivity index (χ3v) is 5.07. The summed E-state index contributed by atoms with van der Waals surface area (Å²) in [5.74, 6) is 2.71. The van der Waals surface area contributed by atoms with Gasteiger partial charge in [-0.3, -0.25) is 0 Å².